The molecular formula is C15H29N7O3. The summed E-state index contributed by atoms with van der Waals surface area (Å²) in [6.07, 6.45) is 3.17. The molecule has 0 bridgehead atoms. The third-order valence-electron chi connectivity index (χ3n) is 4.16. The third kappa shape index (κ3) is 6.57. The zero-order valence-electron chi connectivity index (χ0n) is 14.6. The largest absolute Gasteiger partial charge is 0.370 e. The van der Waals surface area contributed by atoms with Crippen LogP contribution in [0.1, 0.15) is 39.0 Å². The number of carbonyl (C=O) groups excluding carboxylic acids is 3. The molecule has 10 nitrogen and oxygen atoms in total. The van der Waals surface area contributed by atoms with Crippen LogP contribution in [0.2, 0.25) is 0 Å². The van der Waals surface area contributed by atoms with E-state index in [0.717, 1.165) is 6.42 Å². The first-order valence-electron chi connectivity index (χ1n) is 8.45. The van der Waals surface area contributed by atoms with Crippen molar-refractivity contribution in [3.63, 3.8) is 0 Å². The van der Waals surface area contributed by atoms with E-state index in [1.54, 1.807) is 0 Å². The highest BCUT2D eigenvalue weighted by Gasteiger charge is 2.36. The van der Waals surface area contributed by atoms with Crippen molar-refractivity contribution in [2.24, 2.45) is 27.9 Å². The number of guanidine groups is 1. The van der Waals surface area contributed by atoms with Crippen molar-refractivity contribution in [3.8, 4) is 0 Å². The van der Waals surface area contributed by atoms with Crippen LogP contribution in [0.25, 0.3) is 0 Å². The maximum absolute atomic E-state index is 12.5. The molecule has 10 heteroatoms. The first-order chi connectivity index (χ1) is 11.7. The number of nitrogens with zero attached hydrogens (tertiary/aromatic N) is 2. The van der Waals surface area contributed by atoms with Gasteiger partial charge in [-0.15, -0.1) is 0 Å². The van der Waals surface area contributed by atoms with Crippen LogP contribution in [0.15, 0.2) is 4.99 Å². The van der Waals surface area contributed by atoms with Crippen molar-refractivity contribution in [2.75, 3.05) is 13.1 Å². The van der Waals surface area contributed by atoms with Crippen molar-refractivity contribution in [2.45, 2.75) is 57.2 Å². The van der Waals surface area contributed by atoms with Gasteiger partial charge in [-0.1, -0.05) is 0 Å². The van der Waals surface area contributed by atoms with Crippen LogP contribution in [0.4, 0.5) is 0 Å². The van der Waals surface area contributed by atoms with Crippen molar-refractivity contribution >= 4 is 23.7 Å². The van der Waals surface area contributed by atoms with Gasteiger partial charge in [0.15, 0.2) is 5.96 Å². The molecule has 0 aromatic heterocycles. The second-order valence-electron chi connectivity index (χ2n) is 6.23. The molecule has 1 heterocycles. The number of primary amides is 1. The van der Waals surface area contributed by atoms with Crippen molar-refractivity contribution < 1.29 is 14.4 Å². The summed E-state index contributed by atoms with van der Waals surface area (Å²) in [5, 5.41) is 2.53. The van der Waals surface area contributed by atoms with E-state index in [9.17, 15) is 14.4 Å². The van der Waals surface area contributed by atoms with E-state index in [0.29, 0.717) is 38.8 Å². The number of nitrogens with two attached hydrogens (primary N) is 4. The van der Waals surface area contributed by atoms with Gasteiger partial charge >= 0.3 is 0 Å². The Morgan fingerprint density at radius 3 is 2.52 bits per heavy atom. The van der Waals surface area contributed by atoms with Crippen molar-refractivity contribution in [1.29, 1.82) is 0 Å². The molecule has 1 aliphatic heterocycles. The van der Waals surface area contributed by atoms with Crippen LogP contribution in [-0.4, -0.2) is 59.8 Å². The number of unbranched alkanes of at least 4 members (excludes halogenated alkanes) is 1. The highest BCUT2D eigenvalue weighted by molar-refractivity contribution is 5.92. The number of hydrogen-bond acceptors (Lipinski definition) is 5. The number of hydrogen-bond donors (Lipinski definition) is 5. The average Bonchev–Trinajstić information content (AvgIpc) is 3.02. The minimum absolute atomic E-state index is 0.0384. The van der Waals surface area contributed by atoms with Crippen LogP contribution in [0.3, 0.4) is 0 Å². The summed E-state index contributed by atoms with van der Waals surface area (Å²) < 4.78 is 0. The molecule has 0 aliphatic carbocycles. The molecule has 142 valence electrons. The second kappa shape index (κ2) is 9.82. The highest BCUT2D eigenvalue weighted by Crippen LogP contribution is 2.19. The molecular weight excluding hydrogens is 326 g/mol. The number of likely N-dealkylation sites (tertiary alicyclic amines) is 1. The second-order valence-corrected chi connectivity index (χ2v) is 6.23. The van der Waals surface area contributed by atoms with Gasteiger partial charge in [-0.05, 0) is 39.0 Å². The predicted molar refractivity (Wildman–Crippen MR) is 94.0 cm³/mol. The lowest BCUT2D eigenvalue weighted by atomic mass is 10.1. The van der Waals surface area contributed by atoms with Gasteiger partial charge in [0.1, 0.15) is 12.1 Å². The smallest absolute Gasteiger partial charge is 0.243 e. The number of rotatable bonds is 9. The number of amides is 3. The van der Waals surface area contributed by atoms with E-state index in [1.165, 1.54) is 11.8 Å². The molecule has 0 aromatic carbocycles. The van der Waals surface area contributed by atoms with Gasteiger partial charge < -0.3 is 33.2 Å². The fourth-order valence-corrected chi connectivity index (χ4v) is 2.70. The fourth-order valence-electron chi connectivity index (χ4n) is 2.70. The lowest BCUT2D eigenvalue weighted by molar-refractivity contribution is -0.140. The molecule has 3 amide bonds. The van der Waals surface area contributed by atoms with E-state index in [-0.39, 0.29) is 17.8 Å². The molecule has 3 atom stereocenters. The maximum atomic E-state index is 12.5. The monoisotopic (exact) mass is 355 g/mol. The first-order valence-corrected chi connectivity index (χ1v) is 8.45. The van der Waals surface area contributed by atoms with Crippen LogP contribution in [-0.2, 0) is 14.4 Å². The summed E-state index contributed by atoms with van der Waals surface area (Å²) >= 11 is 0. The highest BCUT2D eigenvalue weighted by atomic mass is 16.2. The number of nitrogens with one attached hydrogen (secondary N) is 1. The van der Waals surface area contributed by atoms with Crippen molar-refractivity contribution in [1.82, 2.24) is 10.2 Å². The van der Waals surface area contributed by atoms with Crippen LogP contribution in [0, 0.1) is 0 Å². The summed E-state index contributed by atoms with van der Waals surface area (Å²) in [4.78, 5) is 41.2. The first kappa shape index (κ1) is 20.7. The van der Waals surface area contributed by atoms with Crippen molar-refractivity contribution in [3.05, 3.63) is 0 Å². The standard InChI is InChI=1S/C15H29N7O3/c1-9(12(17)23)21-13(24)11-6-4-8-22(11)14(25)10(16)5-2-3-7-20-15(18)19/h9-11H,2-8,16H2,1H3,(H2,17,23)(H,21,24)(H4,18,19,20)/t9-,10+,11+/m1/s1. The molecule has 0 spiro atoms. The summed E-state index contributed by atoms with van der Waals surface area (Å²) in [6.45, 7) is 2.47. The summed E-state index contributed by atoms with van der Waals surface area (Å²) in [5.41, 5.74) is 21.6. The van der Waals surface area contributed by atoms with Gasteiger partial charge in [-0.3, -0.25) is 19.4 Å². The molecule has 9 N–H and O–H groups in total. The van der Waals surface area contributed by atoms with E-state index < -0.39 is 24.0 Å². The van der Waals surface area contributed by atoms with Gasteiger partial charge in [0.05, 0.1) is 6.04 Å². The fraction of sp³-hybridized carbons (Fsp3) is 0.733. The Morgan fingerprint density at radius 1 is 1.24 bits per heavy atom. The van der Waals surface area contributed by atoms with Gasteiger partial charge in [-0.25, -0.2) is 0 Å². The summed E-state index contributed by atoms with van der Waals surface area (Å²) in [7, 11) is 0. The zero-order valence-corrected chi connectivity index (χ0v) is 14.6. The van der Waals surface area contributed by atoms with Crippen LogP contribution >= 0.6 is 0 Å². The Hall–Kier alpha value is -2.36. The molecule has 1 saturated heterocycles. The van der Waals surface area contributed by atoms with E-state index >= 15 is 0 Å². The number of carbonyl (C=O) groups is 3. The maximum Gasteiger partial charge on any atom is 0.243 e. The molecule has 25 heavy (non-hydrogen) atoms. The average molecular weight is 355 g/mol. The molecule has 0 aromatic rings. The Labute approximate surface area is 147 Å². The Kier molecular flexibility index (Phi) is 8.12. The predicted octanol–water partition coefficient (Wildman–Crippen LogP) is -2.26. The normalized spacial score (nSPS) is 19.1. The van der Waals surface area contributed by atoms with E-state index in [4.69, 9.17) is 22.9 Å². The van der Waals surface area contributed by atoms with Gasteiger partial charge in [0, 0.05) is 13.1 Å². The lowest BCUT2D eigenvalue weighted by Gasteiger charge is -2.27. The third-order valence-corrected chi connectivity index (χ3v) is 4.16. The lowest BCUT2D eigenvalue weighted by Crippen LogP contribution is -2.54. The quantitative estimate of drug-likeness (QED) is 0.176. The summed E-state index contributed by atoms with van der Waals surface area (Å²) in [6, 6.07) is -2.07. The topological polar surface area (TPSA) is 183 Å². The van der Waals surface area contributed by atoms with E-state index in [1.807, 2.05) is 0 Å². The van der Waals surface area contributed by atoms with Crippen LogP contribution < -0.4 is 28.3 Å². The number of aliphatic imine (C=N–C) groups is 1. The molecule has 1 rings (SSSR count). The molecule has 0 unspecified atom stereocenters. The molecule has 1 fully saturated rings. The van der Waals surface area contributed by atoms with Crippen LogP contribution in [0.5, 0.6) is 0 Å². The van der Waals surface area contributed by atoms with E-state index in [2.05, 4.69) is 10.3 Å². The van der Waals surface area contributed by atoms with Gasteiger partial charge in [-0.2, -0.15) is 0 Å². The Morgan fingerprint density at radius 2 is 1.92 bits per heavy atom. The molecule has 0 saturated carbocycles. The molecule has 1 aliphatic rings. The Bertz CT molecular complexity index is 519. The van der Waals surface area contributed by atoms with Gasteiger partial charge in [0.25, 0.3) is 0 Å². The molecule has 0 radical (unpaired) electrons. The van der Waals surface area contributed by atoms with Gasteiger partial charge in [0.2, 0.25) is 17.7 Å². The SMILES string of the molecule is C[C@@H](NC(=O)[C@@H]1CCCN1C(=O)[C@@H](N)CCCCN=C(N)N)C(N)=O. The minimum atomic E-state index is -0.783. The zero-order chi connectivity index (χ0) is 19.0. The Balaban J connectivity index is 2.50. The minimum Gasteiger partial charge on any atom is -0.370 e. The summed E-state index contributed by atoms with van der Waals surface area (Å²) in [5.74, 6) is -1.22.